The zero-order valence-electron chi connectivity index (χ0n) is 20.3. The first-order valence-corrected chi connectivity index (χ1v) is 11.7. The Hall–Kier alpha value is -4.35. The SMILES string of the molecule is Cc1cn(-c2ccc3n(c2=O)CCN(Cc2ccccc2-c2cc(C(F)(F)F)cc(C(F)(F)F)c2)C3=O)cn1. The highest BCUT2D eigenvalue weighted by Crippen LogP contribution is 2.39. The molecule has 0 atom stereocenters. The quantitative estimate of drug-likeness (QED) is 0.309. The average Bonchev–Trinajstić information content (AvgIpc) is 3.31. The van der Waals surface area contributed by atoms with Gasteiger partial charge in [0.25, 0.3) is 11.5 Å². The summed E-state index contributed by atoms with van der Waals surface area (Å²) in [5.41, 5.74) is -1.85. The number of benzene rings is 2. The molecule has 0 bridgehead atoms. The minimum Gasteiger partial charge on any atom is -0.331 e. The van der Waals surface area contributed by atoms with E-state index in [1.54, 1.807) is 29.8 Å². The lowest BCUT2D eigenvalue weighted by molar-refractivity contribution is -0.143. The lowest BCUT2D eigenvalue weighted by atomic mass is 9.95. The summed E-state index contributed by atoms with van der Waals surface area (Å²) in [6.07, 6.45) is -6.81. The van der Waals surface area contributed by atoms with E-state index in [0.717, 1.165) is 0 Å². The molecule has 0 radical (unpaired) electrons. The van der Waals surface area contributed by atoms with Gasteiger partial charge in [-0.15, -0.1) is 0 Å². The zero-order chi connectivity index (χ0) is 28.1. The molecule has 4 aromatic rings. The lowest BCUT2D eigenvalue weighted by Gasteiger charge is -2.30. The van der Waals surface area contributed by atoms with Crippen LogP contribution in [0.5, 0.6) is 0 Å². The molecule has 5 rings (SSSR count). The highest BCUT2D eigenvalue weighted by atomic mass is 19.4. The molecule has 202 valence electrons. The van der Waals surface area contributed by atoms with E-state index in [9.17, 15) is 35.9 Å². The number of hydrogen-bond acceptors (Lipinski definition) is 3. The summed E-state index contributed by atoms with van der Waals surface area (Å²) in [6.45, 7) is 1.96. The van der Waals surface area contributed by atoms with Crippen molar-refractivity contribution in [3.05, 3.63) is 106 Å². The molecule has 0 fully saturated rings. The number of imidazole rings is 1. The minimum absolute atomic E-state index is 0.0777. The Balaban J connectivity index is 1.49. The third kappa shape index (κ3) is 5.06. The number of aryl methyl sites for hydroxylation is 1. The highest BCUT2D eigenvalue weighted by molar-refractivity contribution is 5.93. The van der Waals surface area contributed by atoms with Crippen molar-refractivity contribution in [3.63, 3.8) is 0 Å². The molecule has 0 aliphatic carbocycles. The van der Waals surface area contributed by atoms with Gasteiger partial charge < -0.3 is 14.0 Å². The first kappa shape index (κ1) is 26.3. The molecule has 1 amide bonds. The van der Waals surface area contributed by atoms with E-state index in [2.05, 4.69) is 4.98 Å². The molecule has 1 aliphatic heterocycles. The van der Waals surface area contributed by atoms with Crippen LogP contribution in [0.15, 0.2) is 71.9 Å². The second-order valence-electron chi connectivity index (χ2n) is 9.16. The van der Waals surface area contributed by atoms with Crippen LogP contribution in [0.2, 0.25) is 0 Å². The topological polar surface area (TPSA) is 60.1 Å². The Labute approximate surface area is 217 Å². The molecule has 0 unspecified atom stereocenters. The van der Waals surface area contributed by atoms with Gasteiger partial charge in [-0.25, -0.2) is 4.98 Å². The summed E-state index contributed by atoms with van der Waals surface area (Å²) in [4.78, 5) is 31.9. The normalized spacial score (nSPS) is 14.0. The average molecular weight is 546 g/mol. The Morgan fingerprint density at radius 2 is 1.54 bits per heavy atom. The van der Waals surface area contributed by atoms with Gasteiger partial charge in [0.05, 0.1) is 23.1 Å². The number of carbonyl (C=O) groups is 1. The first-order valence-electron chi connectivity index (χ1n) is 11.7. The van der Waals surface area contributed by atoms with E-state index in [4.69, 9.17) is 0 Å². The molecular weight excluding hydrogens is 526 g/mol. The largest absolute Gasteiger partial charge is 0.416 e. The summed E-state index contributed by atoms with van der Waals surface area (Å²) in [5, 5.41) is 0. The van der Waals surface area contributed by atoms with E-state index in [0.29, 0.717) is 29.1 Å². The second-order valence-corrected chi connectivity index (χ2v) is 9.16. The highest BCUT2D eigenvalue weighted by Gasteiger charge is 2.37. The van der Waals surface area contributed by atoms with Gasteiger partial charge in [-0.2, -0.15) is 26.3 Å². The Morgan fingerprint density at radius 1 is 0.872 bits per heavy atom. The number of hydrogen-bond donors (Lipinski definition) is 0. The van der Waals surface area contributed by atoms with Crippen LogP contribution in [0.25, 0.3) is 16.8 Å². The minimum atomic E-state index is -4.99. The molecule has 3 heterocycles. The second kappa shape index (κ2) is 9.44. The van der Waals surface area contributed by atoms with Gasteiger partial charge in [0, 0.05) is 25.8 Å². The third-order valence-corrected chi connectivity index (χ3v) is 6.52. The van der Waals surface area contributed by atoms with Crippen LogP contribution in [0.4, 0.5) is 26.3 Å². The Kier molecular flexibility index (Phi) is 6.36. The lowest BCUT2D eigenvalue weighted by Crippen LogP contribution is -2.44. The van der Waals surface area contributed by atoms with E-state index in [-0.39, 0.29) is 48.1 Å². The molecule has 6 nitrogen and oxygen atoms in total. The molecule has 12 heteroatoms. The first-order chi connectivity index (χ1) is 18.3. The van der Waals surface area contributed by atoms with Crippen LogP contribution in [0, 0.1) is 6.92 Å². The van der Waals surface area contributed by atoms with Crippen molar-refractivity contribution in [2.75, 3.05) is 6.54 Å². The Morgan fingerprint density at radius 3 is 2.15 bits per heavy atom. The molecule has 1 aliphatic rings. The van der Waals surface area contributed by atoms with Gasteiger partial charge in [-0.1, -0.05) is 24.3 Å². The fraction of sp³-hybridized carbons (Fsp3) is 0.222. The molecule has 0 saturated carbocycles. The van der Waals surface area contributed by atoms with E-state index >= 15 is 0 Å². The van der Waals surface area contributed by atoms with Crippen LogP contribution in [0.1, 0.15) is 32.9 Å². The third-order valence-electron chi connectivity index (χ3n) is 6.52. The summed E-state index contributed by atoms with van der Waals surface area (Å²) >= 11 is 0. The van der Waals surface area contributed by atoms with Crippen molar-refractivity contribution in [2.45, 2.75) is 32.4 Å². The maximum Gasteiger partial charge on any atom is 0.416 e. The number of halogens is 6. The number of carbonyl (C=O) groups excluding carboxylic acids is 1. The smallest absolute Gasteiger partial charge is 0.331 e. The van der Waals surface area contributed by atoms with Gasteiger partial charge in [0.1, 0.15) is 11.4 Å². The number of aromatic nitrogens is 3. The summed E-state index contributed by atoms with van der Waals surface area (Å²) in [7, 11) is 0. The van der Waals surface area contributed by atoms with Crippen molar-refractivity contribution in [1.29, 1.82) is 0 Å². The summed E-state index contributed by atoms with van der Waals surface area (Å²) < 4.78 is 83.5. The van der Waals surface area contributed by atoms with Crippen molar-refractivity contribution in [3.8, 4) is 16.8 Å². The maximum absolute atomic E-state index is 13.4. The fourth-order valence-corrected chi connectivity index (χ4v) is 4.62. The molecular formula is C27H20F6N4O2. The van der Waals surface area contributed by atoms with Crippen LogP contribution in [-0.4, -0.2) is 31.5 Å². The predicted molar refractivity (Wildman–Crippen MR) is 129 cm³/mol. The van der Waals surface area contributed by atoms with Crippen molar-refractivity contribution < 1.29 is 31.1 Å². The number of amides is 1. The van der Waals surface area contributed by atoms with Crippen LogP contribution < -0.4 is 5.56 Å². The standard InChI is InChI=1S/C27H20F6N4O2/c1-16-13-36(15-34-16)22-6-7-23-24(38)35(8-9-37(23)25(22)39)14-17-4-2-3-5-21(17)18-10-19(26(28,29)30)12-20(11-18)27(31,32)33/h2-7,10-13,15H,8-9,14H2,1H3. The molecule has 2 aromatic carbocycles. The maximum atomic E-state index is 13.4. The van der Waals surface area contributed by atoms with Crippen LogP contribution in [0.3, 0.4) is 0 Å². The van der Waals surface area contributed by atoms with Gasteiger partial charge >= 0.3 is 12.4 Å². The van der Waals surface area contributed by atoms with Crippen LogP contribution in [-0.2, 0) is 25.4 Å². The molecule has 0 N–H and O–H groups in total. The predicted octanol–water partition coefficient (Wildman–Crippen LogP) is 5.70. The Bertz CT molecular complexity index is 1600. The number of alkyl halides is 6. The van der Waals surface area contributed by atoms with E-state index in [1.165, 1.54) is 40.1 Å². The number of rotatable bonds is 4. The van der Waals surface area contributed by atoms with Gasteiger partial charge in [0.15, 0.2) is 0 Å². The van der Waals surface area contributed by atoms with E-state index in [1.807, 2.05) is 0 Å². The molecule has 0 spiro atoms. The van der Waals surface area contributed by atoms with Crippen molar-refractivity contribution in [1.82, 2.24) is 19.0 Å². The van der Waals surface area contributed by atoms with Gasteiger partial charge in [-0.05, 0) is 53.9 Å². The number of pyridine rings is 1. The van der Waals surface area contributed by atoms with E-state index < -0.39 is 29.4 Å². The van der Waals surface area contributed by atoms with Gasteiger partial charge in [0.2, 0.25) is 0 Å². The monoisotopic (exact) mass is 546 g/mol. The molecule has 0 saturated heterocycles. The summed E-state index contributed by atoms with van der Waals surface area (Å²) in [5.74, 6) is -0.485. The molecule has 2 aromatic heterocycles. The zero-order valence-corrected chi connectivity index (χ0v) is 20.3. The fourth-order valence-electron chi connectivity index (χ4n) is 4.62. The number of fused-ring (bicyclic) bond motifs is 1. The van der Waals surface area contributed by atoms with Crippen LogP contribution >= 0.6 is 0 Å². The van der Waals surface area contributed by atoms with Gasteiger partial charge in [-0.3, -0.25) is 9.59 Å². The number of nitrogens with zero attached hydrogens (tertiary/aromatic N) is 4. The van der Waals surface area contributed by atoms with Crippen molar-refractivity contribution in [2.24, 2.45) is 0 Å². The molecule has 39 heavy (non-hydrogen) atoms. The summed E-state index contributed by atoms with van der Waals surface area (Å²) in [6, 6.07) is 10.5. The van der Waals surface area contributed by atoms with Crippen molar-refractivity contribution >= 4 is 5.91 Å².